The first-order valence-corrected chi connectivity index (χ1v) is 12.5. The fraction of sp³-hybridized carbons (Fsp3) is 0.320. The van der Waals surface area contributed by atoms with E-state index in [9.17, 15) is 9.18 Å². The third-order valence-electron chi connectivity index (χ3n) is 6.13. The van der Waals surface area contributed by atoms with Gasteiger partial charge in [0.2, 0.25) is 5.91 Å². The van der Waals surface area contributed by atoms with Crippen LogP contribution in [0.3, 0.4) is 0 Å². The molecule has 2 fully saturated rings. The molecule has 2 N–H and O–H groups in total. The van der Waals surface area contributed by atoms with Crippen LogP contribution in [0.25, 0.3) is 10.9 Å². The number of benzene rings is 2. The molecule has 0 aliphatic carbocycles. The number of aromatic nitrogens is 2. The Labute approximate surface area is 233 Å². The topological polar surface area (TPSA) is 97.8 Å². The second-order valence-electron chi connectivity index (χ2n) is 9.23. The number of likely N-dealkylation sites (tertiary alicyclic amines) is 1. The van der Waals surface area contributed by atoms with Gasteiger partial charge in [-0.25, -0.2) is 14.4 Å². The number of hydrogen-bond donors (Lipinski definition) is 2. The highest BCUT2D eigenvalue weighted by Crippen LogP contribution is 2.34. The molecule has 1 aromatic heterocycles. The van der Waals surface area contributed by atoms with Crippen molar-refractivity contribution in [2.75, 3.05) is 43.5 Å². The minimum absolute atomic E-state index is 0.0493. The number of halogens is 2. The van der Waals surface area contributed by atoms with Gasteiger partial charge in [-0.2, -0.15) is 0 Å². The maximum atomic E-state index is 13.6. The molecule has 2 saturated heterocycles. The summed E-state index contributed by atoms with van der Waals surface area (Å²) in [6.07, 6.45) is 4.60. The molecule has 194 valence electrons. The first-order chi connectivity index (χ1) is 18.6. The van der Waals surface area contributed by atoms with Crippen LogP contribution in [-0.2, 0) is 14.3 Å². The number of amides is 1. The summed E-state index contributed by atoms with van der Waals surface area (Å²) < 4.78 is 30.6. The summed E-state index contributed by atoms with van der Waals surface area (Å²) in [5.74, 6) is -0.492. The van der Waals surface area contributed by atoms with Gasteiger partial charge >= 0.3 is 0 Å². The second kappa shape index (κ2) is 11.6. The van der Waals surface area contributed by atoms with Gasteiger partial charge in [0.05, 0.1) is 41.6 Å². The number of anilines is 3. The number of ether oxygens (including phenoxy) is 3. The average molecular weight is 543 g/mol. The molecule has 9 nitrogen and oxygen atoms in total. The molecule has 14 heteroatoms. The first kappa shape index (κ1) is 27.5. The van der Waals surface area contributed by atoms with Crippen LogP contribution >= 0.6 is 11.6 Å². The van der Waals surface area contributed by atoms with Crippen molar-refractivity contribution in [2.24, 2.45) is 0 Å². The molecule has 0 spiro atoms. The van der Waals surface area contributed by atoms with E-state index < -0.39 is 17.0 Å². The van der Waals surface area contributed by atoms with Crippen LogP contribution in [0.2, 0.25) is 5.02 Å². The third-order valence-corrected chi connectivity index (χ3v) is 6.42. The van der Waals surface area contributed by atoms with E-state index in [2.05, 4.69) is 25.5 Å². The van der Waals surface area contributed by atoms with Crippen molar-refractivity contribution in [2.45, 2.75) is 17.5 Å². The fourth-order valence-corrected chi connectivity index (χ4v) is 4.62. The molecule has 0 bridgehead atoms. The fourth-order valence-electron chi connectivity index (χ4n) is 4.44. The number of nitrogens with zero attached hydrogens (tertiary/aromatic N) is 3. The number of carbonyl (C=O) groups is 1. The minimum Gasteiger partial charge on any atom is -0.514 e. The van der Waals surface area contributed by atoms with Gasteiger partial charge < -0.3 is 24.8 Å². The van der Waals surface area contributed by atoms with Gasteiger partial charge in [-0.15, -0.1) is 0 Å². The van der Waals surface area contributed by atoms with Crippen LogP contribution in [0, 0.1) is 5.82 Å². The third kappa shape index (κ3) is 6.91. The molecule has 2 aliphatic rings. The molecule has 0 unspecified atom stereocenters. The van der Waals surface area contributed by atoms with Gasteiger partial charge in [-0.3, -0.25) is 9.69 Å². The molecule has 2 atom stereocenters. The summed E-state index contributed by atoms with van der Waals surface area (Å²) in [6, 6.07) is 7.29. The van der Waals surface area contributed by atoms with Crippen molar-refractivity contribution in [3.05, 3.63) is 59.7 Å². The highest BCUT2D eigenvalue weighted by Gasteiger charge is 2.35. The number of rotatable bonds is 8. The SMILES string of the molecule is [B]C([B])([B])Oc1cc2ncnc(Nc3ccc(F)c(Cl)c3)c2cc1NC(=O)/C=C/CN1C[C@@H]2OCCO[C@@H]2C1. The molecule has 6 radical (unpaired) electrons. The van der Waals surface area contributed by atoms with E-state index in [-0.39, 0.29) is 28.7 Å². The van der Waals surface area contributed by atoms with Gasteiger partial charge in [0.15, 0.2) is 0 Å². The Hall–Kier alpha value is -3.12. The van der Waals surface area contributed by atoms with Crippen molar-refractivity contribution in [1.82, 2.24) is 14.9 Å². The summed E-state index contributed by atoms with van der Waals surface area (Å²) in [5.41, 5.74) is 1.16. The first-order valence-electron chi connectivity index (χ1n) is 12.1. The van der Waals surface area contributed by atoms with E-state index in [0.29, 0.717) is 42.2 Å². The molecule has 1 amide bonds. The zero-order valence-electron chi connectivity index (χ0n) is 20.8. The van der Waals surface area contributed by atoms with Crippen molar-refractivity contribution >= 4 is 69.1 Å². The molecule has 39 heavy (non-hydrogen) atoms. The lowest BCUT2D eigenvalue weighted by Crippen LogP contribution is -2.37. The summed E-state index contributed by atoms with van der Waals surface area (Å²) >= 11 is 5.91. The van der Waals surface area contributed by atoms with Crippen molar-refractivity contribution in [3.8, 4) is 5.75 Å². The molecular formula is C25H22B3ClFN5O4. The van der Waals surface area contributed by atoms with Crippen LogP contribution in [0.15, 0.2) is 48.8 Å². The van der Waals surface area contributed by atoms with E-state index >= 15 is 0 Å². The Balaban J connectivity index is 1.36. The van der Waals surface area contributed by atoms with E-state index in [1.165, 1.54) is 36.7 Å². The van der Waals surface area contributed by atoms with Gasteiger partial charge in [-0.05, 0) is 29.6 Å². The number of carbonyl (C=O) groups excluding carboxylic acids is 1. The Bertz CT molecular complexity index is 1400. The van der Waals surface area contributed by atoms with E-state index in [1.807, 2.05) is 0 Å². The second-order valence-corrected chi connectivity index (χ2v) is 9.63. The predicted octanol–water partition coefficient (Wildman–Crippen LogP) is 2.26. The van der Waals surface area contributed by atoms with E-state index in [4.69, 9.17) is 49.4 Å². The lowest BCUT2D eigenvalue weighted by Gasteiger charge is -2.25. The maximum Gasteiger partial charge on any atom is 0.248 e. The van der Waals surface area contributed by atoms with E-state index in [1.54, 1.807) is 12.1 Å². The summed E-state index contributed by atoms with van der Waals surface area (Å²) in [7, 11) is 17.0. The van der Waals surface area contributed by atoms with Crippen LogP contribution < -0.4 is 15.4 Å². The minimum atomic E-state index is -2.02. The Morgan fingerprint density at radius 1 is 1.18 bits per heavy atom. The van der Waals surface area contributed by atoms with Crippen molar-refractivity contribution in [1.29, 1.82) is 0 Å². The summed E-state index contributed by atoms with van der Waals surface area (Å²) in [6.45, 7) is 3.21. The average Bonchev–Trinajstić information content (AvgIpc) is 3.29. The van der Waals surface area contributed by atoms with Gasteiger partial charge in [0, 0.05) is 42.9 Å². The molecule has 3 heterocycles. The molecule has 5 rings (SSSR count). The predicted molar refractivity (Wildman–Crippen MR) is 149 cm³/mol. The summed E-state index contributed by atoms with van der Waals surface area (Å²) in [4.78, 5) is 23.5. The van der Waals surface area contributed by atoms with Gasteiger partial charge in [0.1, 0.15) is 47.3 Å². The van der Waals surface area contributed by atoms with Crippen molar-refractivity contribution < 1.29 is 23.4 Å². The Morgan fingerprint density at radius 2 is 1.92 bits per heavy atom. The van der Waals surface area contributed by atoms with E-state index in [0.717, 1.165) is 13.1 Å². The van der Waals surface area contributed by atoms with Gasteiger partial charge in [0.25, 0.3) is 0 Å². The van der Waals surface area contributed by atoms with Crippen LogP contribution in [-0.4, -0.2) is 94.7 Å². The van der Waals surface area contributed by atoms with Crippen LogP contribution in [0.5, 0.6) is 5.75 Å². The lowest BCUT2D eigenvalue weighted by molar-refractivity contribution is -0.116. The largest absolute Gasteiger partial charge is 0.514 e. The van der Waals surface area contributed by atoms with Crippen LogP contribution in [0.1, 0.15) is 0 Å². The normalized spacial score (nSPS) is 19.7. The Kier molecular flexibility index (Phi) is 8.13. The molecular weight excluding hydrogens is 521 g/mol. The number of hydrogen-bond acceptors (Lipinski definition) is 8. The number of nitrogens with one attached hydrogen (secondary N) is 2. The molecule has 2 aromatic carbocycles. The summed E-state index contributed by atoms with van der Waals surface area (Å²) in [5, 5.41) is 4.30. The monoisotopic (exact) mass is 543 g/mol. The molecule has 2 aliphatic heterocycles. The van der Waals surface area contributed by atoms with Gasteiger partial charge in [-0.1, -0.05) is 17.7 Å². The quantitative estimate of drug-likeness (QED) is 0.330. The highest BCUT2D eigenvalue weighted by molar-refractivity contribution is 6.58. The Morgan fingerprint density at radius 3 is 2.62 bits per heavy atom. The zero-order valence-corrected chi connectivity index (χ0v) is 21.5. The van der Waals surface area contributed by atoms with Crippen molar-refractivity contribution in [3.63, 3.8) is 0 Å². The smallest absolute Gasteiger partial charge is 0.248 e. The molecule has 3 aromatic rings. The maximum absolute atomic E-state index is 13.6. The number of fused-ring (bicyclic) bond motifs is 2. The molecule has 0 saturated carbocycles. The standard InChI is InChI=1S/C25H22B3ClFN5O4/c26-25(27,28)39-20-10-18-15(24(32-13-31-18)33-14-3-4-17(30)16(29)8-14)9-19(20)34-23(36)2-1-5-35-11-21-22(12-35)38-7-6-37-21/h1-4,8-10,13,21-22H,5-7,11-12H2,(H,34,36)(H,31,32,33)/b2-1+/t21-,22+. The zero-order chi connectivity index (χ0) is 27.6. The lowest BCUT2D eigenvalue weighted by atomic mass is 9.52. The highest BCUT2D eigenvalue weighted by atomic mass is 35.5. The van der Waals surface area contributed by atoms with Crippen LogP contribution in [0.4, 0.5) is 21.6 Å².